The number of fused-ring (bicyclic) bond motifs is 1. The third-order valence-electron chi connectivity index (χ3n) is 7.41. The first-order valence-electron chi connectivity index (χ1n) is 13.0. The Morgan fingerprint density at radius 1 is 0.973 bits per heavy atom. The lowest BCUT2D eigenvalue weighted by atomic mass is 10.0. The van der Waals surface area contributed by atoms with E-state index in [2.05, 4.69) is 44.4 Å². The van der Waals surface area contributed by atoms with E-state index in [0.29, 0.717) is 12.6 Å². The van der Waals surface area contributed by atoms with Crippen LogP contribution in [0.4, 0.5) is 11.8 Å². The zero-order valence-corrected chi connectivity index (χ0v) is 20.7. The molecule has 0 bridgehead atoms. The van der Waals surface area contributed by atoms with Gasteiger partial charge in [0.1, 0.15) is 0 Å². The molecule has 1 saturated heterocycles. The van der Waals surface area contributed by atoms with E-state index >= 15 is 0 Å². The standard InChI is InChI=1S/C28H31N7O2/c36-27(37)22-11-9-21(10-12-22)20-7-5-19(6-8-20)17-30-25-24-26(35(18-31-24)23-3-1-2-4-23)33-28(32-25)34-15-13-29-14-16-34/h5-12,18,23,29H,1-4,13-17H2,(H,36,37)(H,30,32,33). The Bertz CT molecular complexity index is 1390. The minimum absolute atomic E-state index is 0.288. The molecule has 3 heterocycles. The first-order chi connectivity index (χ1) is 18.2. The molecule has 1 aliphatic carbocycles. The van der Waals surface area contributed by atoms with Crippen LogP contribution in [0.25, 0.3) is 22.3 Å². The smallest absolute Gasteiger partial charge is 0.335 e. The quantitative estimate of drug-likeness (QED) is 0.346. The molecule has 2 aromatic carbocycles. The normalized spacial score (nSPS) is 16.4. The van der Waals surface area contributed by atoms with Gasteiger partial charge in [0.25, 0.3) is 0 Å². The van der Waals surface area contributed by atoms with Crippen LogP contribution in [0.3, 0.4) is 0 Å². The lowest BCUT2D eigenvalue weighted by Crippen LogP contribution is -2.44. The van der Waals surface area contributed by atoms with Crippen LogP contribution in [0.1, 0.15) is 47.6 Å². The van der Waals surface area contributed by atoms with E-state index in [1.807, 2.05) is 18.5 Å². The number of imidazole rings is 1. The van der Waals surface area contributed by atoms with E-state index < -0.39 is 5.97 Å². The first-order valence-corrected chi connectivity index (χ1v) is 13.0. The fraction of sp³-hybridized carbons (Fsp3) is 0.357. The molecule has 0 radical (unpaired) electrons. The van der Waals surface area contributed by atoms with Gasteiger partial charge in [-0.1, -0.05) is 49.2 Å². The molecular weight excluding hydrogens is 466 g/mol. The zero-order valence-electron chi connectivity index (χ0n) is 20.7. The number of aromatic carboxylic acids is 1. The molecule has 190 valence electrons. The van der Waals surface area contributed by atoms with Crippen LogP contribution in [-0.4, -0.2) is 56.8 Å². The van der Waals surface area contributed by atoms with Crippen LogP contribution in [0.15, 0.2) is 54.9 Å². The molecule has 2 aromatic heterocycles. The van der Waals surface area contributed by atoms with Gasteiger partial charge in [-0.2, -0.15) is 9.97 Å². The average Bonchev–Trinajstić information content (AvgIpc) is 3.63. The highest BCUT2D eigenvalue weighted by Crippen LogP contribution is 2.33. The van der Waals surface area contributed by atoms with Crippen molar-refractivity contribution in [3.05, 3.63) is 66.0 Å². The van der Waals surface area contributed by atoms with Gasteiger partial charge in [-0.25, -0.2) is 9.78 Å². The second kappa shape index (κ2) is 10.2. The Morgan fingerprint density at radius 2 is 1.65 bits per heavy atom. The monoisotopic (exact) mass is 497 g/mol. The number of carbonyl (C=O) groups is 1. The maximum atomic E-state index is 11.1. The number of anilines is 2. The summed E-state index contributed by atoms with van der Waals surface area (Å²) in [5.74, 6) is 0.611. The number of hydrogen-bond acceptors (Lipinski definition) is 7. The molecule has 2 fully saturated rings. The van der Waals surface area contributed by atoms with E-state index in [9.17, 15) is 4.79 Å². The van der Waals surface area contributed by atoms with Crippen LogP contribution >= 0.6 is 0 Å². The van der Waals surface area contributed by atoms with Gasteiger partial charge in [-0.3, -0.25) is 0 Å². The fourth-order valence-corrected chi connectivity index (χ4v) is 5.29. The van der Waals surface area contributed by atoms with Crippen molar-refractivity contribution >= 4 is 28.9 Å². The van der Waals surface area contributed by atoms with Crippen molar-refractivity contribution in [2.24, 2.45) is 0 Å². The molecule has 4 aromatic rings. The number of nitrogens with zero attached hydrogens (tertiary/aromatic N) is 5. The number of carboxylic acids is 1. The number of nitrogens with one attached hydrogen (secondary N) is 2. The first kappa shape index (κ1) is 23.4. The summed E-state index contributed by atoms with van der Waals surface area (Å²) in [6.45, 7) is 4.24. The molecule has 3 N–H and O–H groups in total. The van der Waals surface area contributed by atoms with E-state index in [1.165, 1.54) is 25.7 Å². The molecule has 9 nitrogen and oxygen atoms in total. The average molecular weight is 498 g/mol. The second-order valence-corrected chi connectivity index (χ2v) is 9.80. The van der Waals surface area contributed by atoms with Gasteiger partial charge in [0, 0.05) is 38.8 Å². The van der Waals surface area contributed by atoms with Crippen LogP contribution in [0, 0.1) is 0 Å². The molecule has 6 rings (SSSR count). The summed E-state index contributed by atoms with van der Waals surface area (Å²) in [6.07, 6.45) is 6.79. The van der Waals surface area contributed by atoms with E-state index in [0.717, 1.165) is 65.8 Å². The SMILES string of the molecule is O=C(O)c1ccc(-c2ccc(CNc3nc(N4CCNCC4)nc4c3ncn4C3CCCC3)cc2)cc1. The largest absolute Gasteiger partial charge is 0.478 e. The number of hydrogen-bond donors (Lipinski definition) is 3. The van der Waals surface area contributed by atoms with Gasteiger partial charge in [-0.05, 0) is 41.7 Å². The molecule has 1 aliphatic heterocycles. The van der Waals surface area contributed by atoms with Crippen molar-refractivity contribution in [1.29, 1.82) is 0 Å². The second-order valence-electron chi connectivity index (χ2n) is 9.80. The van der Waals surface area contributed by atoms with Gasteiger partial charge in [0.2, 0.25) is 5.95 Å². The summed E-state index contributed by atoms with van der Waals surface area (Å²) in [5.41, 5.74) is 5.17. The van der Waals surface area contributed by atoms with Gasteiger partial charge < -0.3 is 25.2 Å². The summed E-state index contributed by atoms with van der Waals surface area (Å²) < 4.78 is 2.26. The van der Waals surface area contributed by atoms with Crippen molar-refractivity contribution in [2.45, 2.75) is 38.3 Å². The summed E-state index contributed by atoms with van der Waals surface area (Å²) in [5, 5.41) is 16.1. The van der Waals surface area contributed by atoms with Crippen molar-refractivity contribution in [2.75, 3.05) is 36.4 Å². The zero-order chi connectivity index (χ0) is 25.2. The summed E-state index contributed by atoms with van der Waals surface area (Å²) in [6, 6.07) is 15.7. The third kappa shape index (κ3) is 4.86. The lowest BCUT2D eigenvalue weighted by Gasteiger charge is -2.27. The summed E-state index contributed by atoms with van der Waals surface area (Å²) >= 11 is 0. The Balaban J connectivity index is 1.24. The molecule has 0 amide bonds. The van der Waals surface area contributed by atoms with E-state index in [-0.39, 0.29) is 5.56 Å². The molecule has 9 heteroatoms. The maximum absolute atomic E-state index is 11.1. The number of aromatic nitrogens is 4. The highest BCUT2D eigenvalue weighted by Gasteiger charge is 2.23. The molecule has 37 heavy (non-hydrogen) atoms. The molecular formula is C28H31N7O2. The van der Waals surface area contributed by atoms with Crippen molar-refractivity contribution in [1.82, 2.24) is 24.8 Å². The van der Waals surface area contributed by atoms with Crippen molar-refractivity contribution in [3.8, 4) is 11.1 Å². The maximum Gasteiger partial charge on any atom is 0.335 e. The molecule has 0 spiro atoms. The number of piperazine rings is 1. The van der Waals surface area contributed by atoms with Gasteiger partial charge >= 0.3 is 5.97 Å². The Kier molecular flexibility index (Phi) is 6.44. The van der Waals surface area contributed by atoms with Crippen molar-refractivity contribution in [3.63, 3.8) is 0 Å². The Labute approximate surface area is 215 Å². The lowest BCUT2D eigenvalue weighted by molar-refractivity contribution is 0.0697. The predicted molar refractivity (Wildman–Crippen MR) is 144 cm³/mol. The predicted octanol–water partition coefficient (Wildman–Crippen LogP) is 4.33. The van der Waals surface area contributed by atoms with E-state index in [4.69, 9.17) is 20.1 Å². The number of rotatable bonds is 7. The van der Waals surface area contributed by atoms with Crippen LogP contribution in [-0.2, 0) is 6.54 Å². The summed E-state index contributed by atoms with van der Waals surface area (Å²) in [4.78, 5) is 28.0. The highest BCUT2D eigenvalue weighted by atomic mass is 16.4. The number of carboxylic acid groups (broad SMARTS) is 1. The van der Waals surface area contributed by atoms with Crippen LogP contribution < -0.4 is 15.5 Å². The highest BCUT2D eigenvalue weighted by molar-refractivity contribution is 5.88. The van der Waals surface area contributed by atoms with Crippen LogP contribution in [0.5, 0.6) is 0 Å². The van der Waals surface area contributed by atoms with Gasteiger partial charge in [0.05, 0.1) is 11.9 Å². The Hall–Kier alpha value is -3.98. The van der Waals surface area contributed by atoms with Gasteiger partial charge in [-0.15, -0.1) is 0 Å². The van der Waals surface area contributed by atoms with Gasteiger partial charge in [0.15, 0.2) is 17.0 Å². The third-order valence-corrected chi connectivity index (χ3v) is 7.41. The minimum Gasteiger partial charge on any atom is -0.478 e. The Morgan fingerprint density at radius 3 is 2.32 bits per heavy atom. The number of benzene rings is 2. The topological polar surface area (TPSA) is 108 Å². The minimum atomic E-state index is -0.917. The van der Waals surface area contributed by atoms with Crippen LogP contribution in [0.2, 0.25) is 0 Å². The molecule has 0 unspecified atom stereocenters. The molecule has 2 aliphatic rings. The van der Waals surface area contributed by atoms with E-state index in [1.54, 1.807) is 12.1 Å². The molecule has 0 atom stereocenters. The fourth-order valence-electron chi connectivity index (χ4n) is 5.29. The summed E-state index contributed by atoms with van der Waals surface area (Å²) in [7, 11) is 0. The van der Waals surface area contributed by atoms with Crippen molar-refractivity contribution < 1.29 is 9.90 Å². The molecule has 1 saturated carbocycles.